The van der Waals surface area contributed by atoms with Gasteiger partial charge >= 0.3 is 0 Å². The highest BCUT2D eigenvalue weighted by molar-refractivity contribution is 7.86. The second-order valence-corrected chi connectivity index (χ2v) is 6.57. The topological polar surface area (TPSA) is 148 Å². The van der Waals surface area contributed by atoms with Crippen LogP contribution in [0, 0.1) is 0 Å². The van der Waals surface area contributed by atoms with Gasteiger partial charge in [0.15, 0.2) is 11.0 Å². The molecule has 1 aromatic heterocycles. The monoisotopic (exact) mass is 361 g/mol. The molecule has 2 unspecified atom stereocenters. The molecule has 2 aromatic rings. The molecule has 2 atom stereocenters. The van der Waals surface area contributed by atoms with Gasteiger partial charge in [0, 0.05) is 18.1 Å². The maximum Gasteiger partial charge on any atom is 0.265 e. The maximum atomic E-state index is 11.8. The minimum absolute atomic E-state index is 0.236. The Morgan fingerprint density at radius 1 is 1.20 bits per heavy atom. The molecule has 0 bridgehead atoms. The van der Waals surface area contributed by atoms with E-state index in [1.54, 1.807) is 56.6 Å². The number of benzene rings is 1. The fraction of sp³-hybridized carbons (Fsp3) is 0.200. The summed E-state index contributed by atoms with van der Waals surface area (Å²) in [6.45, 7) is 3.35. The van der Waals surface area contributed by atoms with Gasteiger partial charge in [-0.2, -0.15) is 5.10 Å². The van der Waals surface area contributed by atoms with Gasteiger partial charge in [0.2, 0.25) is 5.95 Å². The number of hydrogen-bond acceptors (Lipinski definition) is 7. The number of amides is 1. The molecule has 0 fully saturated rings. The number of carbonyl (C=O) groups is 1. The smallest absolute Gasteiger partial charge is 0.265 e. The number of hydrazone groups is 1. The molecule has 6 N–H and O–H groups in total. The molecule has 10 heteroatoms. The van der Waals surface area contributed by atoms with E-state index in [9.17, 15) is 9.00 Å². The Kier molecular flexibility index (Phi) is 5.78. The first-order chi connectivity index (χ1) is 11.8. The lowest BCUT2D eigenvalue weighted by Gasteiger charge is -2.12. The molecule has 0 spiro atoms. The molecule has 132 valence electrons. The Hall–Kier alpha value is -2.85. The van der Waals surface area contributed by atoms with Crippen molar-refractivity contribution in [3.63, 3.8) is 0 Å². The van der Waals surface area contributed by atoms with Crippen molar-refractivity contribution in [1.82, 2.24) is 15.4 Å². The van der Waals surface area contributed by atoms with E-state index < -0.39 is 16.5 Å². The number of nitrogens with two attached hydrogens (primary N) is 2. The summed E-state index contributed by atoms with van der Waals surface area (Å²) in [5.74, 6) is 0.0951. The number of hydrogen-bond donors (Lipinski definition) is 4. The van der Waals surface area contributed by atoms with Crippen LogP contribution in [-0.2, 0) is 15.8 Å². The van der Waals surface area contributed by atoms with Crippen molar-refractivity contribution in [2.45, 2.75) is 24.3 Å². The highest BCUT2D eigenvalue weighted by Crippen LogP contribution is 2.11. The van der Waals surface area contributed by atoms with Gasteiger partial charge in [0.25, 0.3) is 5.91 Å². The lowest BCUT2D eigenvalue weighted by molar-refractivity contribution is -0.122. The number of nitrogens with one attached hydrogen (secondary N) is 2. The summed E-state index contributed by atoms with van der Waals surface area (Å²) in [5, 5.41) is 3.66. The second-order valence-electron chi connectivity index (χ2n) is 5.35. The summed E-state index contributed by atoms with van der Waals surface area (Å²) in [7, 11) is -1.37. The Balaban J connectivity index is 0.000000212. The average molecular weight is 361 g/mol. The van der Waals surface area contributed by atoms with E-state index in [1.807, 2.05) is 0 Å². The van der Waals surface area contributed by atoms with Gasteiger partial charge in [-0.25, -0.2) is 19.6 Å². The quantitative estimate of drug-likeness (QED) is 0.582. The van der Waals surface area contributed by atoms with Crippen LogP contribution in [0.3, 0.4) is 0 Å². The van der Waals surface area contributed by atoms with E-state index in [-0.39, 0.29) is 5.91 Å². The predicted molar refractivity (Wildman–Crippen MR) is 96.8 cm³/mol. The molecule has 25 heavy (non-hydrogen) atoms. The van der Waals surface area contributed by atoms with Crippen LogP contribution >= 0.6 is 0 Å². The van der Waals surface area contributed by atoms with Crippen LogP contribution in [0.15, 0.2) is 52.7 Å². The summed E-state index contributed by atoms with van der Waals surface area (Å²) in [5.41, 5.74) is 13.7. The zero-order valence-corrected chi connectivity index (χ0v) is 14.6. The van der Waals surface area contributed by atoms with Crippen LogP contribution in [0.5, 0.6) is 0 Å². The molecular weight excluding hydrogens is 342 g/mol. The minimum Gasteiger partial charge on any atom is -0.399 e. The van der Waals surface area contributed by atoms with Gasteiger partial charge in [-0.05, 0) is 44.2 Å². The maximum absolute atomic E-state index is 11.8. The third-order valence-corrected chi connectivity index (χ3v) is 4.46. The normalized spacial score (nSPS) is 20.0. The van der Waals surface area contributed by atoms with Crippen LogP contribution in [0.2, 0.25) is 0 Å². The lowest BCUT2D eigenvalue weighted by atomic mass is 9.99. The molecule has 0 radical (unpaired) electrons. The van der Waals surface area contributed by atoms with Gasteiger partial charge in [-0.15, -0.1) is 0 Å². The molecule has 0 aliphatic carbocycles. The van der Waals surface area contributed by atoms with Crippen molar-refractivity contribution >= 4 is 34.2 Å². The highest BCUT2D eigenvalue weighted by Gasteiger charge is 2.36. The Morgan fingerprint density at radius 3 is 2.24 bits per heavy atom. The van der Waals surface area contributed by atoms with E-state index in [1.165, 1.54) is 0 Å². The molecule has 3 rings (SSSR count). The predicted octanol–water partition coefficient (Wildman–Crippen LogP) is 0.403. The average Bonchev–Trinajstić information content (AvgIpc) is 2.83. The number of nitrogen functional groups attached to an aromatic ring is 1. The molecule has 1 amide bonds. The van der Waals surface area contributed by atoms with Crippen LogP contribution in [0.25, 0.3) is 0 Å². The summed E-state index contributed by atoms with van der Waals surface area (Å²) in [6, 6.07) is 8.47. The summed E-state index contributed by atoms with van der Waals surface area (Å²) < 4.78 is 14.5. The summed E-state index contributed by atoms with van der Waals surface area (Å²) in [6.07, 6.45) is 3.16. The van der Waals surface area contributed by atoms with Crippen molar-refractivity contribution in [2.75, 3.05) is 10.5 Å². The summed E-state index contributed by atoms with van der Waals surface area (Å²) >= 11 is 0. The fourth-order valence-corrected chi connectivity index (χ4v) is 2.39. The SMILES string of the molecule is CC1=NNC(=O)C1(C)N.Nc1ccc(S(=O)Nc2ncccn2)cc1. The van der Waals surface area contributed by atoms with E-state index in [0.29, 0.717) is 22.2 Å². The zero-order chi connectivity index (χ0) is 18.4. The van der Waals surface area contributed by atoms with Gasteiger partial charge < -0.3 is 11.5 Å². The molecule has 0 saturated carbocycles. The van der Waals surface area contributed by atoms with E-state index in [2.05, 4.69) is 25.2 Å². The van der Waals surface area contributed by atoms with Crippen molar-refractivity contribution in [1.29, 1.82) is 0 Å². The molecule has 1 aromatic carbocycles. The molecule has 1 aliphatic heterocycles. The molecule has 9 nitrogen and oxygen atoms in total. The van der Waals surface area contributed by atoms with Gasteiger partial charge in [-0.1, -0.05) is 0 Å². The van der Waals surface area contributed by atoms with Crippen molar-refractivity contribution in [3.8, 4) is 0 Å². The fourth-order valence-electron chi connectivity index (χ4n) is 1.62. The Morgan fingerprint density at radius 2 is 1.80 bits per heavy atom. The van der Waals surface area contributed by atoms with Crippen molar-refractivity contribution in [3.05, 3.63) is 42.7 Å². The number of anilines is 2. The Bertz CT molecular complexity index is 791. The largest absolute Gasteiger partial charge is 0.399 e. The van der Waals surface area contributed by atoms with Gasteiger partial charge in [0.1, 0.15) is 5.54 Å². The van der Waals surface area contributed by atoms with E-state index >= 15 is 0 Å². The Labute approximate surface area is 147 Å². The molecule has 2 heterocycles. The van der Waals surface area contributed by atoms with Crippen molar-refractivity contribution < 1.29 is 9.00 Å². The first kappa shape index (κ1) is 18.5. The lowest BCUT2D eigenvalue weighted by Crippen LogP contribution is -2.50. The molecule has 1 aliphatic rings. The van der Waals surface area contributed by atoms with E-state index in [0.717, 1.165) is 0 Å². The summed E-state index contributed by atoms with van der Waals surface area (Å²) in [4.78, 5) is 19.2. The number of aromatic nitrogens is 2. The van der Waals surface area contributed by atoms with Gasteiger partial charge in [0.05, 0.1) is 10.6 Å². The van der Waals surface area contributed by atoms with Crippen molar-refractivity contribution in [2.24, 2.45) is 10.8 Å². The van der Waals surface area contributed by atoms with Gasteiger partial charge in [-0.3, -0.25) is 9.52 Å². The molecular formula is C15H19N7O2S. The standard InChI is InChI=1S/C10H10N4OS.C5H9N3O/c11-8-2-4-9(5-3-8)16(15)14-10-12-6-1-7-13-10;1-3-5(2,6)4(9)8-7-3/h1-7H,11H2,(H,12,13,14);6H2,1-2H3,(H,8,9). The minimum atomic E-state index is -1.37. The zero-order valence-electron chi connectivity index (χ0n) is 13.8. The van der Waals surface area contributed by atoms with E-state index in [4.69, 9.17) is 11.5 Å². The van der Waals surface area contributed by atoms with Crippen LogP contribution in [0.4, 0.5) is 11.6 Å². The third kappa shape index (κ3) is 4.81. The van der Waals surface area contributed by atoms with Crippen LogP contribution in [-0.4, -0.2) is 31.3 Å². The first-order valence-electron chi connectivity index (χ1n) is 7.26. The molecule has 0 saturated heterocycles. The van der Waals surface area contributed by atoms with Crippen LogP contribution in [0.1, 0.15) is 13.8 Å². The second kappa shape index (κ2) is 7.81. The number of rotatable bonds is 3. The third-order valence-electron chi connectivity index (χ3n) is 3.39. The first-order valence-corrected chi connectivity index (χ1v) is 8.41. The van der Waals surface area contributed by atoms with Crippen LogP contribution < -0.4 is 21.6 Å². The number of carbonyl (C=O) groups excluding carboxylic acids is 1. The number of nitrogens with zero attached hydrogens (tertiary/aromatic N) is 3. The highest BCUT2D eigenvalue weighted by atomic mass is 32.2.